The number of hydrogen-bond donors (Lipinski definition) is 1. The molecule has 5 heteroatoms. The largest absolute Gasteiger partial charge is 0.356 e. The van der Waals surface area contributed by atoms with Crippen molar-refractivity contribution in [2.24, 2.45) is 0 Å². The summed E-state index contributed by atoms with van der Waals surface area (Å²) in [6, 6.07) is 14.1. The maximum atomic E-state index is 11.8. The van der Waals surface area contributed by atoms with E-state index in [-0.39, 0.29) is 5.91 Å². The maximum absolute atomic E-state index is 11.8. The summed E-state index contributed by atoms with van der Waals surface area (Å²) in [7, 11) is 0. The molecule has 2 aromatic heterocycles. The Morgan fingerprint density at radius 3 is 2.83 bits per heavy atom. The van der Waals surface area contributed by atoms with E-state index in [1.54, 1.807) is 11.3 Å². The van der Waals surface area contributed by atoms with Gasteiger partial charge in [-0.3, -0.25) is 4.79 Å². The Kier molecular flexibility index (Phi) is 5.21. The van der Waals surface area contributed by atoms with Gasteiger partial charge in [-0.1, -0.05) is 36.4 Å². The lowest BCUT2D eigenvalue weighted by molar-refractivity contribution is -0.120. The number of hydrogen-bond acceptors (Lipinski definition) is 3. The molecule has 4 nitrogen and oxygen atoms in total. The second-order valence-corrected chi connectivity index (χ2v) is 6.30. The van der Waals surface area contributed by atoms with E-state index in [2.05, 4.69) is 27.0 Å². The number of nitrogens with zero attached hydrogens (tertiary/aromatic N) is 2. The van der Waals surface area contributed by atoms with Gasteiger partial charge in [-0.2, -0.15) is 0 Å². The lowest BCUT2D eigenvalue weighted by Crippen LogP contribution is -2.26. The van der Waals surface area contributed by atoms with Crippen molar-refractivity contribution in [2.75, 3.05) is 6.54 Å². The van der Waals surface area contributed by atoms with Gasteiger partial charge in [0, 0.05) is 35.9 Å². The van der Waals surface area contributed by atoms with E-state index in [1.807, 2.05) is 48.1 Å². The Hall–Kier alpha value is -2.40. The van der Waals surface area contributed by atoms with E-state index < -0.39 is 0 Å². The van der Waals surface area contributed by atoms with Crippen molar-refractivity contribution in [3.8, 4) is 11.4 Å². The van der Waals surface area contributed by atoms with Gasteiger partial charge in [0.1, 0.15) is 5.82 Å². The molecule has 118 valence electrons. The Morgan fingerprint density at radius 1 is 1.17 bits per heavy atom. The first kappa shape index (κ1) is 15.5. The summed E-state index contributed by atoms with van der Waals surface area (Å²) in [4.78, 5) is 17.4. The van der Waals surface area contributed by atoms with Gasteiger partial charge in [0.25, 0.3) is 0 Å². The molecule has 2 heterocycles. The molecule has 0 aliphatic heterocycles. The summed E-state index contributed by atoms with van der Waals surface area (Å²) in [5.41, 5.74) is 1.11. The highest BCUT2D eigenvalue weighted by Gasteiger charge is 2.06. The second-order valence-electron chi connectivity index (χ2n) is 5.27. The molecule has 3 rings (SSSR count). The molecule has 0 unspecified atom stereocenters. The van der Waals surface area contributed by atoms with Gasteiger partial charge in [-0.05, 0) is 17.9 Å². The zero-order valence-electron chi connectivity index (χ0n) is 12.8. The third kappa shape index (κ3) is 4.29. The highest BCUT2D eigenvalue weighted by Crippen LogP contribution is 2.16. The summed E-state index contributed by atoms with van der Waals surface area (Å²) in [5, 5.41) is 4.97. The van der Waals surface area contributed by atoms with Gasteiger partial charge < -0.3 is 9.88 Å². The summed E-state index contributed by atoms with van der Waals surface area (Å²) in [5.74, 6) is 1.05. The lowest BCUT2D eigenvalue weighted by Gasteiger charge is -2.09. The Balaban J connectivity index is 1.46. The highest BCUT2D eigenvalue weighted by atomic mass is 32.1. The zero-order valence-corrected chi connectivity index (χ0v) is 13.6. The van der Waals surface area contributed by atoms with Crippen LogP contribution in [-0.2, 0) is 17.8 Å². The summed E-state index contributed by atoms with van der Waals surface area (Å²) in [6.45, 7) is 1.51. The number of rotatable bonds is 7. The van der Waals surface area contributed by atoms with Gasteiger partial charge >= 0.3 is 0 Å². The second kappa shape index (κ2) is 7.74. The van der Waals surface area contributed by atoms with E-state index >= 15 is 0 Å². The standard InChI is InChI=1S/C18H19N3OS/c22-17(14-16-8-4-13-23-16)19-9-5-11-21-12-10-20-18(21)15-6-2-1-3-7-15/h1-4,6-8,10,12-13H,5,9,11,14H2,(H,19,22). The minimum absolute atomic E-state index is 0.0846. The van der Waals surface area contributed by atoms with Crippen molar-refractivity contribution in [3.63, 3.8) is 0 Å². The predicted molar refractivity (Wildman–Crippen MR) is 93.3 cm³/mol. The first-order valence-corrected chi connectivity index (χ1v) is 8.56. The minimum Gasteiger partial charge on any atom is -0.356 e. The van der Waals surface area contributed by atoms with Crippen LogP contribution in [-0.4, -0.2) is 22.0 Å². The van der Waals surface area contributed by atoms with Gasteiger partial charge in [-0.15, -0.1) is 11.3 Å². The normalized spacial score (nSPS) is 10.6. The molecule has 1 aromatic carbocycles. The molecule has 23 heavy (non-hydrogen) atoms. The van der Waals surface area contributed by atoms with Crippen molar-refractivity contribution in [1.29, 1.82) is 0 Å². The predicted octanol–water partition coefficient (Wildman–Crippen LogP) is 3.36. The average molecular weight is 325 g/mol. The van der Waals surface area contributed by atoms with Crippen LogP contribution < -0.4 is 5.32 Å². The molecule has 0 saturated carbocycles. The minimum atomic E-state index is 0.0846. The molecule has 1 amide bonds. The zero-order chi connectivity index (χ0) is 15.9. The molecule has 0 fully saturated rings. The highest BCUT2D eigenvalue weighted by molar-refractivity contribution is 7.10. The van der Waals surface area contributed by atoms with Crippen LogP contribution in [0.1, 0.15) is 11.3 Å². The fourth-order valence-corrected chi connectivity index (χ4v) is 3.15. The lowest BCUT2D eigenvalue weighted by atomic mass is 10.2. The van der Waals surface area contributed by atoms with Crippen LogP contribution in [0.4, 0.5) is 0 Å². The molecular weight excluding hydrogens is 306 g/mol. The van der Waals surface area contributed by atoms with E-state index in [1.165, 1.54) is 0 Å². The Morgan fingerprint density at radius 2 is 2.04 bits per heavy atom. The third-order valence-corrected chi connectivity index (χ3v) is 4.44. The van der Waals surface area contributed by atoms with Gasteiger partial charge in [0.2, 0.25) is 5.91 Å². The monoisotopic (exact) mass is 325 g/mol. The van der Waals surface area contributed by atoms with Crippen molar-refractivity contribution in [2.45, 2.75) is 19.4 Å². The number of nitrogens with one attached hydrogen (secondary N) is 1. The number of imidazole rings is 1. The van der Waals surface area contributed by atoms with Crippen molar-refractivity contribution in [3.05, 3.63) is 65.1 Å². The van der Waals surface area contributed by atoms with Crippen LogP contribution in [0, 0.1) is 0 Å². The third-order valence-electron chi connectivity index (χ3n) is 3.56. The van der Waals surface area contributed by atoms with E-state index in [4.69, 9.17) is 0 Å². The number of aromatic nitrogens is 2. The first-order chi connectivity index (χ1) is 11.3. The molecule has 0 atom stereocenters. The quantitative estimate of drug-likeness (QED) is 0.677. The molecular formula is C18H19N3OS. The van der Waals surface area contributed by atoms with Crippen LogP contribution in [0.3, 0.4) is 0 Å². The summed E-state index contributed by atoms with van der Waals surface area (Å²) >= 11 is 1.61. The van der Waals surface area contributed by atoms with Crippen LogP contribution in [0.2, 0.25) is 0 Å². The molecule has 0 spiro atoms. The molecule has 1 N–H and O–H groups in total. The maximum Gasteiger partial charge on any atom is 0.225 e. The molecule has 0 bridgehead atoms. The summed E-state index contributed by atoms with van der Waals surface area (Å²) < 4.78 is 2.13. The van der Waals surface area contributed by atoms with Crippen molar-refractivity contribution in [1.82, 2.24) is 14.9 Å². The van der Waals surface area contributed by atoms with Crippen LogP contribution in [0.25, 0.3) is 11.4 Å². The molecule has 0 aliphatic carbocycles. The van der Waals surface area contributed by atoms with Crippen molar-refractivity contribution < 1.29 is 4.79 Å². The van der Waals surface area contributed by atoms with Gasteiger partial charge in [0.05, 0.1) is 6.42 Å². The number of thiophene rings is 1. The fraction of sp³-hybridized carbons (Fsp3) is 0.222. The summed E-state index contributed by atoms with van der Waals surface area (Å²) in [6.07, 6.45) is 5.15. The number of carbonyl (C=O) groups is 1. The average Bonchev–Trinajstić information content (AvgIpc) is 3.24. The van der Waals surface area contributed by atoms with E-state index in [9.17, 15) is 4.79 Å². The smallest absolute Gasteiger partial charge is 0.225 e. The van der Waals surface area contributed by atoms with E-state index in [0.717, 1.165) is 29.2 Å². The number of carbonyl (C=O) groups excluding carboxylic acids is 1. The van der Waals surface area contributed by atoms with Crippen molar-refractivity contribution >= 4 is 17.2 Å². The molecule has 3 aromatic rings. The Labute approximate surface area is 139 Å². The number of aryl methyl sites for hydroxylation is 1. The number of benzene rings is 1. The van der Waals surface area contributed by atoms with Gasteiger partial charge in [0.15, 0.2) is 0 Å². The van der Waals surface area contributed by atoms with Crippen LogP contribution in [0.5, 0.6) is 0 Å². The fourth-order valence-electron chi connectivity index (χ4n) is 2.45. The molecule has 0 radical (unpaired) electrons. The molecule has 0 saturated heterocycles. The van der Waals surface area contributed by atoms with Crippen LogP contribution >= 0.6 is 11.3 Å². The van der Waals surface area contributed by atoms with E-state index in [0.29, 0.717) is 13.0 Å². The molecule has 0 aliphatic rings. The number of amides is 1. The van der Waals surface area contributed by atoms with Gasteiger partial charge in [-0.25, -0.2) is 4.98 Å². The first-order valence-electron chi connectivity index (χ1n) is 7.68. The Bertz CT molecular complexity index is 735. The van der Waals surface area contributed by atoms with Crippen LogP contribution in [0.15, 0.2) is 60.2 Å². The SMILES string of the molecule is O=C(Cc1cccs1)NCCCn1ccnc1-c1ccccc1. The topological polar surface area (TPSA) is 46.9 Å².